The summed E-state index contributed by atoms with van der Waals surface area (Å²) >= 11 is 0. The molecule has 330 valence electrons. The molecule has 2 heteroatoms. The zero-order chi connectivity index (χ0) is 44.2. The van der Waals surface area contributed by atoms with Crippen LogP contribution in [0.5, 0.6) is 0 Å². The lowest BCUT2D eigenvalue weighted by atomic mass is 9.50. The van der Waals surface area contributed by atoms with Gasteiger partial charge in [0.1, 0.15) is 0 Å². The normalized spacial score (nSPS) is 27.8. The average molecular weight is 791 g/mol. The van der Waals surface area contributed by atoms with Gasteiger partial charge in [-0.15, -0.1) is 0 Å². The third-order valence-electron chi connectivity index (χ3n) is 12.7. The van der Waals surface area contributed by atoms with E-state index in [9.17, 15) is 5.11 Å². The topological polar surface area (TPSA) is 40.5 Å². The molecule has 6 aliphatic carbocycles. The Hall–Kier alpha value is -2.16. The summed E-state index contributed by atoms with van der Waals surface area (Å²) in [5.74, 6) is 3.96. The zero-order valence-electron chi connectivity index (χ0n) is 41.1. The highest BCUT2D eigenvalue weighted by molar-refractivity contribution is 5.46. The third-order valence-corrected chi connectivity index (χ3v) is 12.7. The zero-order valence-corrected chi connectivity index (χ0v) is 41.1. The lowest BCUT2D eigenvalue weighted by molar-refractivity contribution is 0.0428. The van der Waals surface area contributed by atoms with Gasteiger partial charge in [-0.25, -0.2) is 0 Å². The van der Waals surface area contributed by atoms with Crippen molar-refractivity contribution >= 4 is 0 Å². The van der Waals surface area contributed by atoms with Crippen molar-refractivity contribution in [3.8, 4) is 0 Å². The second kappa shape index (κ2) is 31.7. The van der Waals surface area contributed by atoms with Gasteiger partial charge in [0.05, 0.1) is 12.2 Å². The van der Waals surface area contributed by atoms with E-state index in [0.29, 0.717) is 16.7 Å². The molecule has 6 rings (SSSR count). The molecule has 6 unspecified atom stereocenters. The van der Waals surface area contributed by atoms with E-state index >= 15 is 0 Å². The number of rotatable bonds is 6. The smallest absolute Gasteiger partial charge is 0.0609 e. The first-order chi connectivity index (χ1) is 27.3. The maximum absolute atomic E-state index is 10.2. The summed E-state index contributed by atoms with van der Waals surface area (Å²) in [5, 5.41) is 19.1. The molecule has 3 fully saturated rings. The van der Waals surface area contributed by atoms with Gasteiger partial charge in [0.2, 0.25) is 0 Å². The molecule has 0 heterocycles. The molecule has 0 aromatic heterocycles. The number of aliphatic hydroxyl groups is 2. The predicted molar refractivity (Wildman–Crippen MR) is 260 cm³/mol. The van der Waals surface area contributed by atoms with E-state index < -0.39 is 0 Å². The average Bonchev–Trinajstić information content (AvgIpc) is 3.33. The number of unbranched alkanes of at least 4 members (excludes halogenated alkanes) is 1. The van der Waals surface area contributed by atoms with Crippen molar-refractivity contribution in [3.63, 3.8) is 0 Å². The summed E-state index contributed by atoms with van der Waals surface area (Å²) < 4.78 is 0. The van der Waals surface area contributed by atoms with Gasteiger partial charge in [0, 0.05) is 0 Å². The number of hydrogen-bond acceptors (Lipinski definition) is 2. The van der Waals surface area contributed by atoms with Crippen LogP contribution >= 0.6 is 0 Å². The standard InChI is InChI=1S/C26H42O.C12H16.C7H10O.5C2H6/c1-18(2)7-5-6-8-19-10-12-23-22-11-9-20-17-21(27)13-15-26(20,4)24(22)14-16-25(19,23)3;1-9(2)12-7-5-6-10(3)11(4)8-12;8-7-5-3-1-2-4-6-7;5*1-2/h9,11,18-19,21,23-24,27H,5-8,10,12-17H2,1-4H3;5-9H,4H2,1-3H3;1-4,7-8H,5-6H2;5*1-2H3. The van der Waals surface area contributed by atoms with Crippen molar-refractivity contribution in [1.82, 2.24) is 0 Å². The van der Waals surface area contributed by atoms with Crippen molar-refractivity contribution < 1.29 is 10.2 Å². The molecular formula is C55H98O2. The van der Waals surface area contributed by atoms with Crippen LogP contribution in [0.25, 0.3) is 0 Å². The van der Waals surface area contributed by atoms with Crippen LogP contribution in [0.1, 0.15) is 201 Å². The fourth-order valence-electron chi connectivity index (χ4n) is 9.37. The van der Waals surface area contributed by atoms with E-state index in [0.717, 1.165) is 54.9 Å². The molecular weight excluding hydrogens is 693 g/mol. The van der Waals surface area contributed by atoms with Crippen LogP contribution < -0.4 is 0 Å². The predicted octanol–water partition coefficient (Wildman–Crippen LogP) is 17.1. The second-order valence-corrected chi connectivity index (χ2v) is 16.8. The number of aliphatic hydroxyl groups excluding tert-OH is 2. The maximum Gasteiger partial charge on any atom is 0.0609 e. The van der Waals surface area contributed by atoms with E-state index in [1.165, 1.54) is 68.9 Å². The molecule has 6 aliphatic rings. The summed E-state index contributed by atoms with van der Waals surface area (Å²) in [4.78, 5) is 0. The van der Waals surface area contributed by atoms with Gasteiger partial charge in [-0.1, -0.05) is 209 Å². The highest BCUT2D eigenvalue weighted by Crippen LogP contribution is 2.65. The Balaban J connectivity index is 0. The Kier molecular flexibility index (Phi) is 31.7. The minimum Gasteiger partial charge on any atom is -0.393 e. The molecule has 0 aromatic rings. The van der Waals surface area contributed by atoms with Gasteiger partial charge in [-0.05, 0) is 128 Å². The molecule has 0 bridgehead atoms. The molecule has 2 nitrogen and oxygen atoms in total. The Labute approximate surface area is 358 Å². The largest absolute Gasteiger partial charge is 0.393 e. The summed E-state index contributed by atoms with van der Waals surface area (Å²) in [6, 6.07) is 0. The van der Waals surface area contributed by atoms with Gasteiger partial charge in [0.25, 0.3) is 0 Å². The molecule has 0 aliphatic heterocycles. The monoisotopic (exact) mass is 791 g/mol. The van der Waals surface area contributed by atoms with Gasteiger partial charge in [0.15, 0.2) is 0 Å². The van der Waals surface area contributed by atoms with E-state index in [2.05, 4.69) is 91.5 Å². The van der Waals surface area contributed by atoms with Crippen molar-refractivity contribution in [3.05, 3.63) is 95.2 Å². The Bertz CT molecular complexity index is 1270. The first kappa shape index (κ1) is 56.9. The summed E-state index contributed by atoms with van der Waals surface area (Å²) in [7, 11) is 0. The summed E-state index contributed by atoms with van der Waals surface area (Å²) in [6.07, 6.45) is 37.2. The molecule has 0 amide bonds. The molecule has 6 atom stereocenters. The van der Waals surface area contributed by atoms with Crippen LogP contribution in [0.15, 0.2) is 95.2 Å². The lowest BCUT2D eigenvalue weighted by Gasteiger charge is -2.54. The Morgan fingerprint density at radius 1 is 0.702 bits per heavy atom. The fraction of sp³-hybridized carbons (Fsp3) is 0.709. The van der Waals surface area contributed by atoms with Gasteiger partial charge in [-0.2, -0.15) is 0 Å². The quantitative estimate of drug-likeness (QED) is 0.263. The SMILES string of the molecule is C=C1C=C(C(C)C)C=CC=C1C.CC.CC.CC.CC.CC.CC(C)CCCCC1CCC2C3=CC=C4CC(O)CCC4(C)C3CCC12C.OC1CC=CC=CC1. The highest BCUT2D eigenvalue weighted by Gasteiger charge is 2.55. The minimum atomic E-state index is -0.148. The van der Waals surface area contributed by atoms with Gasteiger partial charge < -0.3 is 10.2 Å². The highest BCUT2D eigenvalue weighted by atomic mass is 16.3. The first-order valence-corrected chi connectivity index (χ1v) is 24.2. The Morgan fingerprint density at radius 2 is 1.30 bits per heavy atom. The molecule has 2 N–H and O–H groups in total. The van der Waals surface area contributed by atoms with Crippen LogP contribution in [-0.4, -0.2) is 22.4 Å². The van der Waals surface area contributed by atoms with Gasteiger partial charge >= 0.3 is 0 Å². The van der Waals surface area contributed by atoms with Crippen molar-refractivity contribution in [2.24, 2.45) is 40.4 Å². The molecule has 3 saturated carbocycles. The molecule has 57 heavy (non-hydrogen) atoms. The van der Waals surface area contributed by atoms with E-state index in [4.69, 9.17) is 5.11 Å². The van der Waals surface area contributed by atoms with E-state index in [1.807, 2.05) is 93.5 Å². The second-order valence-electron chi connectivity index (χ2n) is 16.8. The van der Waals surface area contributed by atoms with E-state index in [-0.39, 0.29) is 12.2 Å². The Morgan fingerprint density at radius 3 is 1.86 bits per heavy atom. The van der Waals surface area contributed by atoms with Crippen molar-refractivity contribution in [2.75, 3.05) is 0 Å². The summed E-state index contributed by atoms with van der Waals surface area (Å²) in [6.45, 7) is 40.4. The number of fused-ring (bicyclic) bond motifs is 5. The van der Waals surface area contributed by atoms with Crippen LogP contribution in [0.3, 0.4) is 0 Å². The van der Waals surface area contributed by atoms with Crippen molar-refractivity contribution in [1.29, 1.82) is 0 Å². The molecule has 0 spiro atoms. The number of allylic oxidation sites excluding steroid dienone is 12. The summed E-state index contributed by atoms with van der Waals surface area (Å²) in [5.41, 5.74) is 7.97. The van der Waals surface area contributed by atoms with Crippen LogP contribution in [0.4, 0.5) is 0 Å². The lowest BCUT2D eigenvalue weighted by Crippen LogP contribution is -2.45. The molecule has 0 radical (unpaired) electrons. The van der Waals surface area contributed by atoms with Gasteiger partial charge in [-0.3, -0.25) is 0 Å². The molecule has 0 saturated heterocycles. The number of hydrogen-bond donors (Lipinski definition) is 2. The van der Waals surface area contributed by atoms with Crippen LogP contribution in [-0.2, 0) is 0 Å². The molecule has 0 aromatic carbocycles. The van der Waals surface area contributed by atoms with Crippen LogP contribution in [0.2, 0.25) is 0 Å². The van der Waals surface area contributed by atoms with Crippen LogP contribution in [0, 0.1) is 40.4 Å². The maximum atomic E-state index is 10.2. The van der Waals surface area contributed by atoms with E-state index in [1.54, 1.807) is 11.1 Å². The minimum absolute atomic E-state index is 0.102. The first-order valence-electron chi connectivity index (χ1n) is 24.2. The third kappa shape index (κ3) is 17.9. The van der Waals surface area contributed by atoms with Crippen molar-refractivity contribution in [2.45, 2.75) is 213 Å². The fourth-order valence-corrected chi connectivity index (χ4v) is 9.37.